The summed E-state index contributed by atoms with van der Waals surface area (Å²) >= 11 is 0. The maximum absolute atomic E-state index is 4.63. The molecule has 0 spiro atoms. The van der Waals surface area contributed by atoms with Gasteiger partial charge in [-0.15, -0.1) is 0 Å². The first-order valence-corrected chi connectivity index (χ1v) is 7.09. The third kappa shape index (κ3) is 2.37. The lowest BCUT2D eigenvalue weighted by Crippen LogP contribution is -2.34. The Morgan fingerprint density at radius 1 is 1.32 bits per heavy atom. The quantitative estimate of drug-likeness (QED) is 0.890. The second-order valence-electron chi connectivity index (χ2n) is 5.51. The largest absolute Gasteiger partial charge is 0.388 e. The Kier molecular flexibility index (Phi) is 3.28. The van der Waals surface area contributed by atoms with Gasteiger partial charge in [-0.3, -0.25) is 0 Å². The monoisotopic (exact) mass is 255 g/mol. The minimum Gasteiger partial charge on any atom is -0.388 e. The van der Waals surface area contributed by atoms with Crippen molar-refractivity contribution in [2.24, 2.45) is 5.92 Å². The SMILES string of the molecule is CNc1ccc2c(N3CCCC(C)C3)nccc2c1. The predicted octanol–water partition coefficient (Wildman–Crippen LogP) is 3.51. The molecule has 1 atom stereocenters. The van der Waals surface area contributed by atoms with Crippen LogP contribution in [0.2, 0.25) is 0 Å². The highest BCUT2D eigenvalue weighted by molar-refractivity contribution is 5.94. The molecule has 3 nitrogen and oxygen atoms in total. The maximum atomic E-state index is 4.63. The van der Waals surface area contributed by atoms with E-state index in [4.69, 9.17) is 0 Å². The van der Waals surface area contributed by atoms with Gasteiger partial charge in [0, 0.05) is 37.4 Å². The smallest absolute Gasteiger partial charge is 0.136 e. The van der Waals surface area contributed by atoms with Crippen LogP contribution in [0.25, 0.3) is 10.8 Å². The summed E-state index contributed by atoms with van der Waals surface area (Å²) in [6, 6.07) is 8.59. The molecule has 1 aliphatic rings. The fraction of sp³-hybridized carbons (Fsp3) is 0.438. The molecule has 0 radical (unpaired) electrons. The number of aromatic nitrogens is 1. The molecule has 1 aromatic carbocycles. The fourth-order valence-corrected chi connectivity index (χ4v) is 2.95. The molecular formula is C16H21N3. The topological polar surface area (TPSA) is 28.2 Å². The zero-order chi connectivity index (χ0) is 13.2. The molecule has 1 unspecified atom stereocenters. The van der Waals surface area contributed by atoms with Gasteiger partial charge in [0.15, 0.2) is 0 Å². The van der Waals surface area contributed by atoms with Crippen LogP contribution in [0.15, 0.2) is 30.5 Å². The van der Waals surface area contributed by atoms with Crippen molar-refractivity contribution in [2.45, 2.75) is 19.8 Å². The lowest BCUT2D eigenvalue weighted by Gasteiger charge is -2.32. The number of nitrogens with one attached hydrogen (secondary N) is 1. The average Bonchev–Trinajstić information content (AvgIpc) is 2.46. The van der Waals surface area contributed by atoms with Crippen LogP contribution >= 0.6 is 0 Å². The van der Waals surface area contributed by atoms with E-state index in [0.29, 0.717) is 0 Å². The van der Waals surface area contributed by atoms with Crippen LogP contribution in [0, 0.1) is 5.92 Å². The van der Waals surface area contributed by atoms with E-state index in [1.165, 1.54) is 23.6 Å². The van der Waals surface area contributed by atoms with Crippen LogP contribution in [-0.4, -0.2) is 25.1 Å². The number of hydrogen-bond acceptors (Lipinski definition) is 3. The van der Waals surface area contributed by atoms with Crippen molar-refractivity contribution in [1.29, 1.82) is 0 Å². The molecule has 1 N–H and O–H groups in total. The Morgan fingerprint density at radius 3 is 3.00 bits per heavy atom. The summed E-state index contributed by atoms with van der Waals surface area (Å²) in [5.74, 6) is 1.91. The molecule has 0 aliphatic carbocycles. The summed E-state index contributed by atoms with van der Waals surface area (Å²) in [7, 11) is 1.95. The average molecular weight is 255 g/mol. The van der Waals surface area contributed by atoms with Crippen molar-refractivity contribution >= 4 is 22.3 Å². The Balaban J connectivity index is 2.03. The van der Waals surface area contributed by atoms with Crippen molar-refractivity contribution < 1.29 is 0 Å². The molecule has 1 fully saturated rings. The Morgan fingerprint density at radius 2 is 2.21 bits per heavy atom. The highest BCUT2D eigenvalue weighted by Gasteiger charge is 2.19. The molecule has 2 aromatic rings. The minimum absolute atomic E-state index is 0.766. The first kappa shape index (κ1) is 12.3. The molecule has 1 saturated heterocycles. The number of anilines is 2. The molecule has 100 valence electrons. The summed E-state index contributed by atoms with van der Waals surface area (Å²) in [5.41, 5.74) is 1.15. The van der Waals surface area contributed by atoms with Gasteiger partial charge in [-0.2, -0.15) is 0 Å². The highest BCUT2D eigenvalue weighted by atomic mass is 15.2. The van der Waals surface area contributed by atoms with E-state index < -0.39 is 0 Å². The Labute approximate surface area is 114 Å². The maximum Gasteiger partial charge on any atom is 0.136 e. The zero-order valence-corrected chi connectivity index (χ0v) is 11.7. The van der Waals surface area contributed by atoms with E-state index in [0.717, 1.165) is 30.5 Å². The van der Waals surface area contributed by atoms with E-state index in [-0.39, 0.29) is 0 Å². The Hall–Kier alpha value is -1.77. The number of nitrogens with zero attached hydrogens (tertiary/aromatic N) is 2. The first-order chi connectivity index (χ1) is 9.28. The van der Waals surface area contributed by atoms with Crippen LogP contribution in [0.3, 0.4) is 0 Å². The van der Waals surface area contributed by atoms with Crippen molar-refractivity contribution in [3.63, 3.8) is 0 Å². The Bertz CT molecular complexity index is 579. The second kappa shape index (κ2) is 5.08. The predicted molar refractivity (Wildman–Crippen MR) is 81.9 cm³/mol. The molecular weight excluding hydrogens is 234 g/mol. The second-order valence-corrected chi connectivity index (χ2v) is 5.51. The van der Waals surface area contributed by atoms with Gasteiger partial charge in [0.2, 0.25) is 0 Å². The van der Waals surface area contributed by atoms with Crippen molar-refractivity contribution in [3.8, 4) is 0 Å². The van der Waals surface area contributed by atoms with Gasteiger partial charge in [-0.05, 0) is 48.4 Å². The summed E-state index contributed by atoms with van der Waals surface area (Å²) in [6.07, 6.45) is 4.54. The first-order valence-electron chi connectivity index (χ1n) is 7.09. The van der Waals surface area contributed by atoms with E-state index in [9.17, 15) is 0 Å². The molecule has 1 aliphatic heterocycles. The van der Waals surface area contributed by atoms with Crippen molar-refractivity contribution in [2.75, 3.05) is 30.4 Å². The zero-order valence-electron chi connectivity index (χ0n) is 11.7. The minimum atomic E-state index is 0.766. The number of pyridine rings is 1. The van der Waals surface area contributed by atoms with Crippen LogP contribution in [0.5, 0.6) is 0 Å². The molecule has 0 saturated carbocycles. The van der Waals surface area contributed by atoms with E-state index in [1.54, 1.807) is 0 Å². The van der Waals surface area contributed by atoms with Gasteiger partial charge in [0.05, 0.1) is 0 Å². The fourth-order valence-electron chi connectivity index (χ4n) is 2.95. The van der Waals surface area contributed by atoms with Crippen LogP contribution < -0.4 is 10.2 Å². The van der Waals surface area contributed by atoms with E-state index in [2.05, 4.69) is 46.4 Å². The molecule has 3 rings (SSSR count). The number of fused-ring (bicyclic) bond motifs is 1. The van der Waals surface area contributed by atoms with E-state index >= 15 is 0 Å². The summed E-state index contributed by atoms with van der Waals surface area (Å²) in [6.45, 7) is 4.58. The molecule has 1 aromatic heterocycles. The molecule has 3 heteroatoms. The molecule has 0 amide bonds. The van der Waals surface area contributed by atoms with E-state index in [1.807, 2.05) is 13.2 Å². The van der Waals surface area contributed by atoms with Crippen LogP contribution in [-0.2, 0) is 0 Å². The number of rotatable bonds is 2. The normalized spacial score (nSPS) is 19.7. The van der Waals surface area contributed by atoms with Gasteiger partial charge in [-0.25, -0.2) is 4.98 Å². The lowest BCUT2D eigenvalue weighted by molar-refractivity contribution is 0.445. The summed E-state index contributed by atoms with van der Waals surface area (Å²) in [5, 5.41) is 5.71. The van der Waals surface area contributed by atoms with Crippen LogP contribution in [0.1, 0.15) is 19.8 Å². The molecule has 2 heterocycles. The third-order valence-corrected chi connectivity index (χ3v) is 3.99. The summed E-state index contributed by atoms with van der Waals surface area (Å²) < 4.78 is 0. The molecule has 0 bridgehead atoms. The standard InChI is InChI=1S/C16H21N3/c1-12-4-3-9-19(11-12)16-15-6-5-14(17-2)10-13(15)7-8-18-16/h5-8,10,12,17H,3-4,9,11H2,1-2H3. The van der Waals surface area contributed by atoms with Crippen molar-refractivity contribution in [1.82, 2.24) is 4.98 Å². The number of hydrogen-bond donors (Lipinski definition) is 1. The van der Waals surface area contributed by atoms with Gasteiger partial charge in [-0.1, -0.05) is 6.92 Å². The van der Waals surface area contributed by atoms with Gasteiger partial charge in [0.25, 0.3) is 0 Å². The third-order valence-electron chi connectivity index (χ3n) is 3.99. The molecule has 19 heavy (non-hydrogen) atoms. The highest BCUT2D eigenvalue weighted by Crippen LogP contribution is 2.29. The van der Waals surface area contributed by atoms with Gasteiger partial charge in [0.1, 0.15) is 5.82 Å². The lowest BCUT2D eigenvalue weighted by atomic mass is 10.00. The summed E-state index contributed by atoms with van der Waals surface area (Å²) in [4.78, 5) is 7.07. The van der Waals surface area contributed by atoms with Crippen LogP contribution in [0.4, 0.5) is 11.5 Å². The van der Waals surface area contributed by atoms with Crippen molar-refractivity contribution in [3.05, 3.63) is 30.5 Å². The number of benzene rings is 1. The van der Waals surface area contributed by atoms with Gasteiger partial charge < -0.3 is 10.2 Å². The van der Waals surface area contributed by atoms with Gasteiger partial charge >= 0.3 is 0 Å². The number of piperidine rings is 1.